The fourth-order valence-corrected chi connectivity index (χ4v) is 2.41. The van der Waals surface area contributed by atoms with Crippen molar-refractivity contribution in [3.63, 3.8) is 0 Å². The molecule has 90 valence electrons. The zero-order valence-corrected chi connectivity index (χ0v) is 10.6. The van der Waals surface area contributed by atoms with Crippen LogP contribution in [0.4, 0.5) is 4.39 Å². The Labute approximate surface area is 105 Å². The van der Waals surface area contributed by atoms with Gasteiger partial charge in [-0.2, -0.15) is 0 Å². The average molecular weight is 250 g/mol. The van der Waals surface area contributed by atoms with Gasteiger partial charge >= 0.3 is 0 Å². The standard InChI is InChI=1S/C13H15FN2S/c1-10-13(17-9-16-10)6-7-15-8-11-4-2-3-5-12(11)14/h2-5,9,15H,6-8H2,1H3. The molecule has 2 nitrogen and oxygen atoms in total. The number of aryl methyl sites for hydroxylation is 1. The van der Waals surface area contributed by atoms with Crippen LogP contribution in [0.2, 0.25) is 0 Å². The van der Waals surface area contributed by atoms with E-state index in [1.54, 1.807) is 23.5 Å². The number of thiazole rings is 1. The van der Waals surface area contributed by atoms with Gasteiger partial charge in [0.1, 0.15) is 5.82 Å². The van der Waals surface area contributed by atoms with E-state index in [1.165, 1.54) is 10.9 Å². The lowest BCUT2D eigenvalue weighted by molar-refractivity contribution is 0.588. The Morgan fingerprint density at radius 3 is 2.88 bits per heavy atom. The molecule has 0 unspecified atom stereocenters. The summed E-state index contributed by atoms with van der Waals surface area (Å²) < 4.78 is 13.3. The second kappa shape index (κ2) is 5.89. The van der Waals surface area contributed by atoms with E-state index in [9.17, 15) is 4.39 Å². The van der Waals surface area contributed by atoms with Gasteiger partial charge in [0.05, 0.1) is 11.2 Å². The van der Waals surface area contributed by atoms with Crippen LogP contribution in [0.25, 0.3) is 0 Å². The molecule has 0 aliphatic carbocycles. The van der Waals surface area contributed by atoms with Gasteiger partial charge in [-0.3, -0.25) is 0 Å². The summed E-state index contributed by atoms with van der Waals surface area (Å²) in [5.41, 5.74) is 3.68. The second-order valence-electron chi connectivity index (χ2n) is 3.88. The first-order chi connectivity index (χ1) is 8.27. The zero-order valence-electron chi connectivity index (χ0n) is 9.74. The van der Waals surface area contributed by atoms with Crippen molar-refractivity contribution in [2.75, 3.05) is 6.54 Å². The number of benzene rings is 1. The lowest BCUT2D eigenvalue weighted by Crippen LogP contribution is -2.17. The normalized spacial score (nSPS) is 10.7. The third-order valence-corrected chi connectivity index (χ3v) is 3.64. The Morgan fingerprint density at radius 1 is 1.35 bits per heavy atom. The minimum atomic E-state index is -0.144. The largest absolute Gasteiger partial charge is 0.312 e. The topological polar surface area (TPSA) is 24.9 Å². The van der Waals surface area contributed by atoms with Gasteiger partial charge in [0, 0.05) is 23.5 Å². The molecule has 0 atom stereocenters. The van der Waals surface area contributed by atoms with E-state index in [0.29, 0.717) is 12.1 Å². The summed E-state index contributed by atoms with van der Waals surface area (Å²) in [4.78, 5) is 5.50. The van der Waals surface area contributed by atoms with E-state index in [4.69, 9.17) is 0 Å². The maximum Gasteiger partial charge on any atom is 0.127 e. The first kappa shape index (κ1) is 12.2. The van der Waals surface area contributed by atoms with Crippen LogP contribution in [0.3, 0.4) is 0 Å². The maximum atomic E-state index is 13.3. The number of aromatic nitrogens is 1. The lowest BCUT2D eigenvalue weighted by Gasteiger charge is -2.05. The van der Waals surface area contributed by atoms with E-state index in [0.717, 1.165) is 18.7 Å². The highest BCUT2D eigenvalue weighted by molar-refractivity contribution is 7.09. The van der Waals surface area contributed by atoms with Gasteiger partial charge in [-0.25, -0.2) is 9.37 Å². The quantitative estimate of drug-likeness (QED) is 0.825. The SMILES string of the molecule is Cc1ncsc1CCNCc1ccccc1F. The van der Waals surface area contributed by atoms with Crippen LogP contribution in [0.1, 0.15) is 16.1 Å². The van der Waals surface area contributed by atoms with Crippen LogP contribution in [0.15, 0.2) is 29.8 Å². The van der Waals surface area contributed by atoms with Gasteiger partial charge in [0.2, 0.25) is 0 Å². The summed E-state index contributed by atoms with van der Waals surface area (Å²) in [6.07, 6.45) is 0.949. The minimum absolute atomic E-state index is 0.144. The zero-order chi connectivity index (χ0) is 12.1. The van der Waals surface area contributed by atoms with Crippen molar-refractivity contribution in [1.82, 2.24) is 10.3 Å². The number of hydrogen-bond acceptors (Lipinski definition) is 3. The predicted octanol–water partition coefficient (Wildman–Crippen LogP) is 2.92. The molecule has 1 aromatic heterocycles. The molecule has 1 heterocycles. The summed E-state index contributed by atoms with van der Waals surface area (Å²) >= 11 is 1.67. The van der Waals surface area contributed by atoms with Crippen molar-refractivity contribution < 1.29 is 4.39 Å². The van der Waals surface area contributed by atoms with E-state index in [1.807, 2.05) is 18.5 Å². The van der Waals surface area contributed by atoms with Crippen molar-refractivity contribution in [3.8, 4) is 0 Å². The molecule has 17 heavy (non-hydrogen) atoms. The lowest BCUT2D eigenvalue weighted by atomic mass is 10.2. The summed E-state index contributed by atoms with van der Waals surface area (Å²) in [5.74, 6) is -0.144. The molecular weight excluding hydrogens is 235 g/mol. The monoisotopic (exact) mass is 250 g/mol. The van der Waals surface area contributed by atoms with Gasteiger partial charge < -0.3 is 5.32 Å². The molecule has 4 heteroatoms. The van der Waals surface area contributed by atoms with E-state index in [-0.39, 0.29) is 5.82 Å². The molecule has 2 aromatic rings. The van der Waals surface area contributed by atoms with Crippen LogP contribution < -0.4 is 5.32 Å². The van der Waals surface area contributed by atoms with E-state index < -0.39 is 0 Å². The molecule has 0 spiro atoms. The van der Waals surface area contributed by atoms with Gasteiger partial charge in [-0.1, -0.05) is 18.2 Å². The molecular formula is C13H15FN2S. The van der Waals surface area contributed by atoms with Crippen LogP contribution in [0, 0.1) is 12.7 Å². The molecule has 0 aliphatic heterocycles. The average Bonchev–Trinajstić information content (AvgIpc) is 2.73. The fourth-order valence-electron chi connectivity index (χ4n) is 1.63. The number of hydrogen-bond donors (Lipinski definition) is 1. The summed E-state index contributed by atoms with van der Waals surface area (Å²) in [6.45, 7) is 3.44. The second-order valence-corrected chi connectivity index (χ2v) is 4.82. The molecule has 0 fully saturated rings. The van der Waals surface area contributed by atoms with Gasteiger partial charge in [-0.05, 0) is 19.4 Å². The summed E-state index contributed by atoms with van der Waals surface area (Å²) in [5, 5.41) is 3.25. The number of halogens is 1. The molecule has 0 bridgehead atoms. The highest BCUT2D eigenvalue weighted by atomic mass is 32.1. The Balaban J connectivity index is 1.77. The molecule has 0 saturated carbocycles. The molecule has 1 N–H and O–H groups in total. The number of rotatable bonds is 5. The van der Waals surface area contributed by atoms with Crippen LogP contribution in [-0.4, -0.2) is 11.5 Å². The van der Waals surface area contributed by atoms with Gasteiger partial charge in [0.15, 0.2) is 0 Å². The molecule has 1 aromatic carbocycles. The van der Waals surface area contributed by atoms with Crippen molar-refractivity contribution in [3.05, 3.63) is 51.7 Å². The third-order valence-electron chi connectivity index (χ3n) is 2.65. The molecule has 0 aliphatic rings. The first-order valence-electron chi connectivity index (χ1n) is 5.60. The van der Waals surface area contributed by atoms with Gasteiger partial charge in [0.25, 0.3) is 0 Å². The Bertz CT molecular complexity index is 482. The van der Waals surface area contributed by atoms with E-state index >= 15 is 0 Å². The molecule has 0 saturated heterocycles. The predicted molar refractivity (Wildman–Crippen MR) is 68.7 cm³/mol. The Kier molecular flexibility index (Phi) is 4.23. The van der Waals surface area contributed by atoms with Gasteiger partial charge in [-0.15, -0.1) is 11.3 Å². The van der Waals surface area contributed by atoms with Crippen molar-refractivity contribution in [2.24, 2.45) is 0 Å². The number of nitrogens with zero attached hydrogens (tertiary/aromatic N) is 1. The van der Waals surface area contributed by atoms with E-state index in [2.05, 4.69) is 10.3 Å². The third kappa shape index (κ3) is 3.35. The van der Waals surface area contributed by atoms with Crippen molar-refractivity contribution >= 4 is 11.3 Å². The highest BCUT2D eigenvalue weighted by Gasteiger charge is 2.02. The molecule has 0 amide bonds. The number of nitrogens with one attached hydrogen (secondary N) is 1. The fraction of sp³-hybridized carbons (Fsp3) is 0.308. The molecule has 2 rings (SSSR count). The first-order valence-corrected chi connectivity index (χ1v) is 6.48. The minimum Gasteiger partial charge on any atom is -0.312 e. The van der Waals surface area contributed by atoms with Crippen LogP contribution in [0.5, 0.6) is 0 Å². The maximum absolute atomic E-state index is 13.3. The van der Waals surface area contributed by atoms with Crippen molar-refractivity contribution in [2.45, 2.75) is 19.9 Å². The molecule has 0 radical (unpaired) electrons. The van der Waals surface area contributed by atoms with Crippen molar-refractivity contribution in [1.29, 1.82) is 0 Å². The Morgan fingerprint density at radius 2 is 2.18 bits per heavy atom. The Hall–Kier alpha value is -1.26. The highest BCUT2D eigenvalue weighted by Crippen LogP contribution is 2.12. The smallest absolute Gasteiger partial charge is 0.127 e. The summed E-state index contributed by atoms with van der Waals surface area (Å²) in [6, 6.07) is 6.86. The van der Waals surface area contributed by atoms with Crippen LogP contribution >= 0.6 is 11.3 Å². The summed E-state index contributed by atoms with van der Waals surface area (Å²) in [7, 11) is 0. The van der Waals surface area contributed by atoms with Crippen LogP contribution in [-0.2, 0) is 13.0 Å².